The zero-order chi connectivity index (χ0) is 30.8. The van der Waals surface area contributed by atoms with Crippen LogP contribution in [0.1, 0.15) is 135 Å². The molecular weight excluding hydrogens is 516 g/mol. The van der Waals surface area contributed by atoms with Crippen LogP contribution in [-0.4, -0.2) is 19.2 Å². The van der Waals surface area contributed by atoms with E-state index in [-0.39, 0.29) is 16.8 Å². The second-order valence-corrected chi connectivity index (χ2v) is 14.8. The Balaban J connectivity index is 1.39. The van der Waals surface area contributed by atoms with Gasteiger partial charge in [0.25, 0.3) is 0 Å². The number of aryl methyl sites for hydroxylation is 2. The summed E-state index contributed by atoms with van der Waals surface area (Å²) in [4.78, 5) is 12.9. The smallest absolute Gasteiger partial charge is 0.312 e. The second-order valence-electron chi connectivity index (χ2n) is 14.8. The molecule has 0 aromatic heterocycles. The molecule has 0 fully saturated rings. The number of benzene rings is 2. The van der Waals surface area contributed by atoms with E-state index in [4.69, 9.17) is 9.47 Å². The normalized spacial score (nSPS) is 13.9. The number of allylic oxidation sites excluding steroid dienone is 1. The lowest BCUT2D eigenvalue weighted by molar-refractivity contribution is -0.162. The number of hydrogen-bond donors (Lipinski definition) is 0. The molecule has 0 aliphatic heterocycles. The van der Waals surface area contributed by atoms with E-state index in [0.717, 1.165) is 57.3 Å². The largest absolute Gasteiger partial charge is 0.494 e. The van der Waals surface area contributed by atoms with Gasteiger partial charge in [-0.15, -0.1) is 0 Å². The number of hydrogen-bond acceptors (Lipinski definition) is 3. The molecule has 3 rings (SSSR count). The molecule has 1 aliphatic rings. The van der Waals surface area contributed by atoms with Crippen molar-refractivity contribution in [1.29, 1.82) is 0 Å². The monoisotopic (exact) mass is 574 g/mol. The average Bonchev–Trinajstić information content (AvgIpc) is 2.93. The fourth-order valence-corrected chi connectivity index (χ4v) is 6.30. The summed E-state index contributed by atoms with van der Waals surface area (Å²) in [5.74, 6) is 0.894. The van der Waals surface area contributed by atoms with Crippen molar-refractivity contribution in [2.45, 2.75) is 126 Å². The molecule has 0 spiro atoms. The average molecular weight is 575 g/mol. The van der Waals surface area contributed by atoms with Gasteiger partial charge in [-0.2, -0.15) is 0 Å². The van der Waals surface area contributed by atoms with Crippen LogP contribution in [0.5, 0.6) is 5.75 Å². The maximum atomic E-state index is 12.9. The highest BCUT2D eigenvalue weighted by atomic mass is 16.5. The van der Waals surface area contributed by atoms with Gasteiger partial charge in [0.2, 0.25) is 0 Å². The summed E-state index contributed by atoms with van der Waals surface area (Å²) in [6.07, 6.45) is 14.5. The lowest BCUT2D eigenvalue weighted by atomic mass is 9.61. The van der Waals surface area contributed by atoms with Crippen LogP contribution < -0.4 is 4.74 Å². The molecule has 0 N–H and O–H groups in total. The molecule has 232 valence electrons. The maximum Gasteiger partial charge on any atom is 0.312 e. The zero-order valence-electron chi connectivity index (χ0n) is 28.0. The SMILES string of the molecule is CCCCCc1ccccc1C1=Cc2ccc(OCCCCCCOC(=O)C(C)(C)C(C)(C)CC(C)(C)C)cc2CC1. The summed E-state index contributed by atoms with van der Waals surface area (Å²) < 4.78 is 11.8. The number of ether oxygens (including phenoxy) is 2. The number of carbonyl (C=O) groups is 1. The van der Waals surface area contributed by atoms with Crippen molar-refractivity contribution in [3.63, 3.8) is 0 Å². The van der Waals surface area contributed by atoms with Crippen molar-refractivity contribution in [3.05, 3.63) is 64.7 Å². The number of carbonyl (C=O) groups excluding carboxylic acids is 1. The van der Waals surface area contributed by atoms with E-state index in [0.29, 0.717) is 6.61 Å². The Morgan fingerprint density at radius 2 is 1.52 bits per heavy atom. The summed E-state index contributed by atoms with van der Waals surface area (Å²) in [6, 6.07) is 15.5. The zero-order valence-corrected chi connectivity index (χ0v) is 28.0. The summed E-state index contributed by atoms with van der Waals surface area (Å²) in [7, 11) is 0. The Morgan fingerprint density at radius 3 is 2.24 bits per heavy atom. The molecule has 0 atom stereocenters. The van der Waals surface area contributed by atoms with Gasteiger partial charge < -0.3 is 9.47 Å². The van der Waals surface area contributed by atoms with Gasteiger partial charge in [0.05, 0.1) is 18.6 Å². The van der Waals surface area contributed by atoms with E-state index in [2.05, 4.69) is 90.1 Å². The first kappa shape index (κ1) is 33.9. The molecule has 0 amide bonds. The molecule has 3 heteroatoms. The Labute approximate surface area is 257 Å². The molecule has 2 aromatic carbocycles. The maximum absolute atomic E-state index is 12.9. The molecule has 1 aliphatic carbocycles. The number of rotatable bonds is 16. The van der Waals surface area contributed by atoms with Crippen molar-refractivity contribution < 1.29 is 14.3 Å². The Hall–Kier alpha value is -2.55. The van der Waals surface area contributed by atoms with Gasteiger partial charge in [-0.25, -0.2) is 0 Å². The number of esters is 1. The van der Waals surface area contributed by atoms with Gasteiger partial charge in [-0.3, -0.25) is 4.79 Å². The van der Waals surface area contributed by atoms with Crippen LogP contribution in [0.3, 0.4) is 0 Å². The van der Waals surface area contributed by atoms with Crippen LogP contribution in [0.15, 0.2) is 42.5 Å². The minimum absolute atomic E-state index is 0.0781. The molecular formula is C39H58O3. The first-order valence-electron chi connectivity index (χ1n) is 16.6. The minimum atomic E-state index is -0.515. The predicted octanol–water partition coefficient (Wildman–Crippen LogP) is 10.9. The molecule has 0 unspecified atom stereocenters. The topological polar surface area (TPSA) is 35.5 Å². The highest BCUT2D eigenvalue weighted by molar-refractivity contribution is 5.85. The lowest BCUT2D eigenvalue weighted by Gasteiger charge is -2.43. The summed E-state index contributed by atoms with van der Waals surface area (Å²) >= 11 is 0. The Kier molecular flexibility index (Phi) is 12.3. The van der Waals surface area contributed by atoms with Crippen molar-refractivity contribution in [2.24, 2.45) is 16.2 Å². The van der Waals surface area contributed by atoms with E-state index in [1.165, 1.54) is 53.5 Å². The third-order valence-corrected chi connectivity index (χ3v) is 9.24. The second kappa shape index (κ2) is 15.3. The van der Waals surface area contributed by atoms with Gasteiger partial charge in [0.15, 0.2) is 0 Å². The Bertz CT molecular complexity index is 1180. The van der Waals surface area contributed by atoms with Gasteiger partial charge in [0.1, 0.15) is 5.75 Å². The van der Waals surface area contributed by atoms with E-state index in [1.54, 1.807) is 0 Å². The Morgan fingerprint density at radius 1 is 0.810 bits per heavy atom. The van der Waals surface area contributed by atoms with Crippen LogP contribution in [-0.2, 0) is 22.4 Å². The van der Waals surface area contributed by atoms with Gasteiger partial charge in [-0.1, -0.05) is 90.8 Å². The standard InChI is InChI=1S/C39H58O3/c1-9-10-13-18-30-19-14-15-20-35(30)33-22-21-32-28-34(24-23-31(32)27-33)41-25-16-11-12-17-26-42-36(40)39(7,8)38(5,6)29-37(2,3)4/h14-15,19-20,23-24,27-28H,9-13,16-18,21-22,25-26,29H2,1-8H3. The van der Waals surface area contributed by atoms with Gasteiger partial charge >= 0.3 is 5.97 Å². The third-order valence-electron chi connectivity index (χ3n) is 9.24. The predicted molar refractivity (Wildman–Crippen MR) is 179 cm³/mol. The van der Waals surface area contributed by atoms with Crippen molar-refractivity contribution in [2.75, 3.05) is 13.2 Å². The molecule has 3 nitrogen and oxygen atoms in total. The van der Waals surface area contributed by atoms with E-state index < -0.39 is 5.41 Å². The first-order valence-corrected chi connectivity index (χ1v) is 16.6. The van der Waals surface area contributed by atoms with E-state index in [9.17, 15) is 4.79 Å². The lowest BCUT2D eigenvalue weighted by Crippen LogP contribution is -2.43. The summed E-state index contributed by atoms with van der Waals surface area (Å²) in [5, 5.41) is 0. The summed E-state index contributed by atoms with van der Waals surface area (Å²) in [6.45, 7) is 18.6. The minimum Gasteiger partial charge on any atom is -0.494 e. The molecule has 42 heavy (non-hydrogen) atoms. The van der Waals surface area contributed by atoms with Crippen molar-refractivity contribution >= 4 is 17.6 Å². The molecule has 0 saturated heterocycles. The highest BCUT2D eigenvalue weighted by Gasteiger charge is 2.46. The van der Waals surface area contributed by atoms with Crippen LogP contribution in [0, 0.1) is 16.2 Å². The van der Waals surface area contributed by atoms with Crippen molar-refractivity contribution in [1.82, 2.24) is 0 Å². The van der Waals surface area contributed by atoms with E-state index in [1.807, 2.05) is 13.8 Å². The van der Waals surface area contributed by atoms with Crippen LogP contribution in [0.25, 0.3) is 11.6 Å². The van der Waals surface area contributed by atoms with Crippen molar-refractivity contribution in [3.8, 4) is 5.75 Å². The number of unbranched alkanes of at least 4 members (excludes halogenated alkanes) is 5. The first-order chi connectivity index (χ1) is 19.8. The van der Waals surface area contributed by atoms with Gasteiger partial charge in [0, 0.05) is 0 Å². The van der Waals surface area contributed by atoms with Crippen LogP contribution >= 0.6 is 0 Å². The third kappa shape index (κ3) is 9.75. The molecule has 0 radical (unpaired) electrons. The highest BCUT2D eigenvalue weighted by Crippen LogP contribution is 2.47. The van der Waals surface area contributed by atoms with Crippen LogP contribution in [0.2, 0.25) is 0 Å². The van der Waals surface area contributed by atoms with Crippen LogP contribution in [0.4, 0.5) is 0 Å². The number of fused-ring (bicyclic) bond motifs is 1. The fraction of sp³-hybridized carbons (Fsp3) is 0.615. The van der Waals surface area contributed by atoms with Gasteiger partial charge in [-0.05, 0) is 122 Å². The quantitative estimate of drug-likeness (QED) is 0.148. The molecule has 0 bridgehead atoms. The summed E-state index contributed by atoms with van der Waals surface area (Å²) in [5.41, 5.74) is 6.62. The van der Waals surface area contributed by atoms with E-state index >= 15 is 0 Å². The molecule has 0 heterocycles. The molecule has 2 aromatic rings. The molecule has 0 saturated carbocycles. The fourth-order valence-electron chi connectivity index (χ4n) is 6.30.